The Morgan fingerprint density at radius 2 is 1.76 bits per heavy atom. The van der Waals surface area contributed by atoms with Gasteiger partial charge in [0.25, 0.3) is 0 Å². The molecule has 21 heavy (non-hydrogen) atoms. The molecule has 2 nitrogen and oxygen atoms in total. The number of hydrogen-bond donors (Lipinski definition) is 1. The molecule has 0 amide bonds. The van der Waals surface area contributed by atoms with Crippen molar-refractivity contribution in [1.82, 2.24) is 5.32 Å². The van der Waals surface area contributed by atoms with Gasteiger partial charge < -0.3 is 10.1 Å². The minimum atomic E-state index is -0.560. The van der Waals surface area contributed by atoms with E-state index >= 15 is 0 Å². The second kappa shape index (κ2) is 6.68. The highest BCUT2D eigenvalue weighted by Gasteiger charge is 2.16. The van der Waals surface area contributed by atoms with Crippen LogP contribution in [0, 0.1) is 18.6 Å². The molecule has 0 aliphatic carbocycles. The SMILES string of the molecule is CNC(Cc1cc(F)cc(F)c1)c1ccc(C)cc1OC. The molecule has 0 bridgehead atoms. The lowest BCUT2D eigenvalue weighted by molar-refractivity contribution is 0.401. The first-order valence-corrected chi connectivity index (χ1v) is 6.80. The lowest BCUT2D eigenvalue weighted by Gasteiger charge is -2.20. The van der Waals surface area contributed by atoms with E-state index in [-0.39, 0.29) is 6.04 Å². The molecule has 0 saturated carbocycles. The van der Waals surface area contributed by atoms with E-state index in [0.717, 1.165) is 22.9 Å². The van der Waals surface area contributed by atoms with Crippen molar-refractivity contribution in [3.8, 4) is 5.75 Å². The normalized spacial score (nSPS) is 12.2. The van der Waals surface area contributed by atoms with Gasteiger partial charge in [-0.2, -0.15) is 0 Å². The highest BCUT2D eigenvalue weighted by atomic mass is 19.1. The van der Waals surface area contributed by atoms with Gasteiger partial charge in [0, 0.05) is 17.7 Å². The molecule has 0 aliphatic rings. The van der Waals surface area contributed by atoms with Gasteiger partial charge in [-0.15, -0.1) is 0 Å². The lowest BCUT2D eigenvalue weighted by Crippen LogP contribution is -2.19. The van der Waals surface area contributed by atoms with Crippen LogP contribution in [0.4, 0.5) is 8.78 Å². The van der Waals surface area contributed by atoms with Crippen LogP contribution in [0.5, 0.6) is 5.75 Å². The number of rotatable bonds is 5. The van der Waals surface area contributed by atoms with Crippen LogP contribution >= 0.6 is 0 Å². The first-order chi connectivity index (χ1) is 10.0. The number of ether oxygens (including phenoxy) is 1. The summed E-state index contributed by atoms with van der Waals surface area (Å²) >= 11 is 0. The molecule has 1 unspecified atom stereocenters. The van der Waals surface area contributed by atoms with Gasteiger partial charge in [-0.05, 0) is 49.7 Å². The molecular weight excluding hydrogens is 272 g/mol. The van der Waals surface area contributed by atoms with Crippen molar-refractivity contribution >= 4 is 0 Å². The van der Waals surface area contributed by atoms with Crippen LogP contribution in [0.2, 0.25) is 0 Å². The van der Waals surface area contributed by atoms with Crippen LogP contribution < -0.4 is 10.1 Å². The van der Waals surface area contributed by atoms with Gasteiger partial charge in [-0.1, -0.05) is 12.1 Å². The van der Waals surface area contributed by atoms with Gasteiger partial charge in [-0.25, -0.2) is 8.78 Å². The summed E-state index contributed by atoms with van der Waals surface area (Å²) in [6, 6.07) is 9.43. The highest BCUT2D eigenvalue weighted by Crippen LogP contribution is 2.28. The van der Waals surface area contributed by atoms with Crippen molar-refractivity contribution < 1.29 is 13.5 Å². The summed E-state index contributed by atoms with van der Waals surface area (Å²) in [5, 5.41) is 3.18. The molecule has 0 spiro atoms. The van der Waals surface area contributed by atoms with Crippen LogP contribution in [0.3, 0.4) is 0 Å². The van der Waals surface area contributed by atoms with Crippen molar-refractivity contribution in [3.05, 3.63) is 64.7 Å². The van der Waals surface area contributed by atoms with E-state index in [4.69, 9.17) is 4.74 Å². The van der Waals surface area contributed by atoms with Crippen molar-refractivity contribution in [2.45, 2.75) is 19.4 Å². The maximum Gasteiger partial charge on any atom is 0.126 e. The Morgan fingerprint density at radius 3 is 2.33 bits per heavy atom. The third-order valence-corrected chi connectivity index (χ3v) is 3.48. The zero-order valence-electron chi connectivity index (χ0n) is 12.4. The van der Waals surface area contributed by atoms with E-state index in [2.05, 4.69) is 5.32 Å². The summed E-state index contributed by atoms with van der Waals surface area (Å²) in [5.74, 6) is -0.349. The molecular formula is C17H19F2NO. The summed E-state index contributed by atoms with van der Waals surface area (Å²) < 4.78 is 32.0. The summed E-state index contributed by atoms with van der Waals surface area (Å²) in [5.41, 5.74) is 2.67. The molecule has 0 saturated heterocycles. The first-order valence-electron chi connectivity index (χ1n) is 6.80. The zero-order chi connectivity index (χ0) is 15.4. The molecule has 0 aromatic heterocycles. The fraction of sp³-hybridized carbons (Fsp3) is 0.294. The molecule has 0 aliphatic heterocycles. The molecule has 0 heterocycles. The van der Waals surface area contributed by atoms with Crippen LogP contribution in [-0.4, -0.2) is 14.2 Å². The Bertz CT molecular complexity index is 608. The standard InChI is InChI=1S/C17H19F2NO/c1-11-4-5-15(17(6-11)21-3)16(20-2)9-12-7-13(18)10-14(19)8-12/h4-8,10,16,20H,9H2,1-3H3. The van der Waals surface area contributed by atoms with Crippen LogP contribution in [0.25, 0.3) is 0 Å². The van der Waals surface area contributed by atoms with Gasteiger partial charge >= 0.3 is 0 Å². The van der Waals surface area contributed by atoms with Crippen LogP contribution in [0.15, 0.2) is 36.4 Å². The average molecular weight is 291 g/mol. The Hall–Kier alpha value is -1.94. The lowest BCUT2D eigenvalue weighted by atomic mass is 9.97. The highest BCUT2D eigenvalue weighted by molar-refractivity contribution is 5.40. The fourth-order valence-corrected chi connectivity index (χ4v) is 2.44. The first kappa shape index (κ1) is 15.4. The third-order valence-electron chi connectivity index (χ3n) is 3.48. The number of halogens is 2. The molecule has 112 valence electrons. The largest absolute Gasteiger partial charge is 0.496 e. The molecule has 2 rings (SSSR count). The summed E-state index contributed by atoms with van der Waals surface area (Å²) in [6.07, 6.45) is 0.477. The average Bonchev–Trinajstić information content (AvgIpc) is 2.44. The third kappa shape index (κ3) is 3.79. The van der Waals surface area contributed by atoms with Gasteiger partial charge in [0.05, 0.1) is 7.11 Å². The van der Waals surface area contributed by atoms with Crippen molar-refractivity contribution in [2.75, 3.05) is 14.2 Å². The predicted molar refractivity (Wildman–Crippen MR) is 79.6 cm³/mol. The quantitative estimate of drug-likeness (QED) is 0.905. The molecule has 1 N–H and O–H groups in total. The minimum Gasteiger partial charge on any atom is -0.496 e. The van der Waals surface area contributed by atoms with Gasteiger partial charge in [0.2, 0.25) is 0 Å². The maximum atomic E-state index is 13.3. The molecule has 1 atom stereocenters. The number of benzene rings is 2. The summed E-state index contributed by atoms with van der Waals surface area (Å²) in [4.78, 5) is 0. The van der Waals surface area contributed by atoms with Crippen molar-refractivity contribution in [3.63, 3.8) is 0 Å². The summed E-state index contributed by atoms with van der Waals surface area (Å²) in [6.45, 7) is 1.99. The monoisotopic (exact) mass is 291 g/mol. The summed E-state index contributed by atoms with van der Waals surface area (Å²) in [7, 11) is 3.44. The number of likely N-dealkylation sites (N-methyl/N-ethyl adjacent to an activating group) is 1. The van der Waals surface area contributed by atoms with Gasteiger partial charge in [0.1, 0.15) is 17.4 Å². The Kier molecular flexibility index (Phi) is 4.91. The van der Waals surface area contributed by atoms with E-state index in [0.29, 0.717) is 12.0 Å². The van der Waals surface area contributed by atoms with Gasteiger partial charge in [0.15, 0.2) is 0 Å². The minimum absolute atomic E-state index is 0.0817. The van der Waals surface area contributed by atoms with E-state index in [1.807, 2.05) is 32.2 Å². The van der Waals surface area contributed by atoms with Gasteiger partial charge in [-0.3, -0.25) is 0 Å². The Morgan fingerprint density at radius 1 is 1.10 bits per heavy atom. The molecule has 0 radical (unpaired) electrons. The fourth-order valence-electron chi connectivity index (χ4n) is 2.44. The predicted octanol–water partition coefficient (Wildman–Crippen LogP) is 3.79. The number of aryl methyl sites for hydroxylation is 1. The van der Waals surface area contributed by atoms with Crippen molar-refractivity contribution in [1.29, 1.82) is 0 Å². The zero-order valence-corrected chi connectivity index (χ0v) is 12.4. The number of methoxy groups -OCH3 is 1. The van der Waals surface area contributed by atoms with E-state index in [1.165, 1.54) is 12.1 Å². The van der Waals surface area contributed by atoms with Crippen molar-refractivity contribution in [2.24, 2.45) is 0 Å². The second-order valence-corrected chi connectivity index (χ2v) is 5.07. The molecule has 2 aromatic carbocycles. The number of nitrogens with one attached hydrogen (secondary N) is 1. The van der Waals surface area contributed by atoms with Crippen LogP contribution in [0.1, 0.15) is 22.7 Å². The molecule has 4 heteroatoms. The molecule has 2 aromatic rings. The van der Waals surface area contributed by atoms with E-state index in [9.17, 15) is 8.78 Å². The maximum absolute atomic E-state index is 13.3. The second-order valence-electron chi connectivity index (χ2n) is 5.07. The van der Waals surface area contributed by atoms with E-state index in [1.54, 1.807) is 7.11 Å². The van der Waals surface area contributed by atoms with Crippen LogP contribution in [-0.2, 0) is 6.42 Å². The molecule has 0 fully saturated rings. The number of hydrogen-bond acceptors (Lipinski definition) is 2. The van der Waals surface area contributed by atoms with E-state index < -0.39 is 11.6 Å². The Labute approximate surface area is 123 Å². The topological polar surface area (TPSA) is 21.3 Å². The Balaban J connectivity index is 2.31. The smallest absolute Gasteiger partial charge is 0.126 e.